The summed E-state index contributed by atoms with van der Waals surface area (Å²) in [5, 5.41) is 6.27. The highest BCUT2D eigenvalue weighted by atomic mass is 16.5. The maximum atomic E-state index is 12.4. The second-order valence-corrected chi connectivity index (χ2v) is 7.13. The number of aromatic nitrogens is 2. The standard InChI is InChI=1S/C23H24N4O2/c28-23(26-17-9-3-1-4-10-17)20-15-25-22(16-24-20)27-19-13-7-8-14-21(19)29-18-11-5-2-6-12-18/h2,5-8,11-17H,1,3-4,9-10H2,(H,25,27)(H,26,28). The van der Waals surface area contributed by atoms with E-state index in [0.717, 1.165) is 24.3 Å². The lowest BCUT2D eigenvalue weighted by atomic mass is 9.95. The predicted molar refractivity (Wildman–Crippen MR) is 113 cm³/mol. The summed E-state index contributed by atoms with van der Waals surface area (Å²) in [5.41, 5.74) is 1.10. The van der Waals surface area contributed by atoms with Crippen LogP contribution in [0.25, 0.3) is 0 Å². The lowest BCUT2D eigenvalue weighted by Crippen LogP contribution is -2.36. The minimum atomic E-state index is -0.163. The van der Waals surface area contributed by atoms with E-state index in [1.165, 1.54) is 25.5 Å². The molecule has 2 N–H and O–H groups in total. The van der Waals surface area contributed by atoms with Crippen molar-refractivity contribution >= 4 is 17.4 Å². The third kappa shape index (κ3) is 5.10. The van der Waals surface area contributed by atoms with Gasteiger partial charge in [-0.3, -0.25) is 4.79 Å². The molecule has 6 heteroatoms. The van der Waals surface area contributed by atoms with Crippen molar-refractivity contribution in [1.82, 2.24) is 15.3 Å². The molecule has 1 heterocycles. The van der Waals surface area contributed by atoms with Gasteiger partial charge in [-0.2, -0.15) is 0 Å². The van der Waals surface area contributed by atoms with E-state index in [1.807, 2.05) is 54.6 Å². The van der Waals surface area contributed by atoms with Crippen LogP contribution in [0.4, 0.5) is 11.5 Å². The Bertz CT molecular complexity index is 939. The Balaban J connectivity index is 1.42. The molecule has 4 rings (SSSR count). The predicted octanol–water partition coefficient (Wildman–Crippen LogP) is 5.08. The molecule has 0 saturated heterocycles. The molecule has 6 nitrogen and oxygen atoms in total. The molecular formula is C23H24N4O2. The van der Waals surface area contributed by atoms with Gasteiger partial charge in [-0.15, -0.1) is 0 Å². The number of rotatable bonds is 6. The summed E-state index contributed by atoms with van der Waals surface area (Å²) in [6.07, 6.45) is 8.74. The molecule has 1 amide bonds. The van der Waals surface area contributed by atoms with E-state index >= 15 is 0 Å². The van der Waals surface area contributed by atoms with Crippen LogP contribution in [-0.2, 0) is 0 Å². The van der Waals surface area contributed by atoms with E-state index in [1.54, 1.807) is 6.20 Å². The molecule has 0 aliphatic heterocycles. The summed E-state index contributed by atoms with van der Waals surface area (Å²) in [5.74, 6) is 1.81. The number of amides is 1. The van der Waals surface area contributed by atoms with Gasteiger partial charge < -0.3 is 15.4 Å². The van der Waals surface area contributed by atoms with E-state index in [4.69, 9.17) is 4.74 Å². The topological polar surface area (TPSA) is 76.1 Å². The smallest absolute Gasteiger partial charge is 0.271 e. The number of carbonyl (C=O) groups is 1. The van der Waals surface area contributed by atoms with Gasteiger partial charge in [-0.1, -0.05) is 49.6 Å². The Morgan fingerprint density at radius 1 is 0.897 bits per heavy atom. The molecule has 0 radical (unpaired) electrons. The molecule has 0 spiro atoms. The molecule has 1 aromatic heterocycles. The van der Waals surface area contributed by atoms with E-state index < -0.39 is 0 Å². The van der Waals surface area contributed by atoms with Gasteiger partial charge in [0.1, 0.15) is 17.3 Å². The van der Waals surface area contributed by atoms with E-state index in [-0.39, 0.29) is 11.9 Å². The van der Waals surface area contributed by atoms with Crippen LogP contribution in [-0.4, -0.2) is 21.9 Å². The normalized spacial score (nSPS) is 14.2. The molecule has 1 fully saturated rings. The lowest BCUT2D eigenvalue weighted by molar-refractivity contribution is 0.0922. The van der Waals surface area contributed by atoms with Gasteiger partial charge in [-0.05, 0) is 37.1 Å². The molecule has 29 heavy (non-hydrogen) atoms. The SMILES string of the molecule is O=C(NC1CCCCC1)c1cnc(Nc2ccccc2Oc2ccccc2)cn1. The molecule has 0 unspecified atom stereocenters. The molecular weight excluding hydrogens is 364 g/mol. The van der Waals surface area contributed by atoms with Crippen LogP contribution in [0.3, 0.4) is 0 Å². The molecule has 1 aliphatic rings. The fourth-order valence-electron chi connectivity index (χ4n) is 3.43. The monoisotopic (exact) mass is 388 g/mol. The van der Waals surface area contributed by atoms with E-state index in [0.29, 0.717) is 17.3 Å². The third-order valence-electron chi connectivity index (χ3n) is 4.95. The number of nitrogens with zero attached hydrogens (tertiary/aromatic N) is 2. The molecule has 3 aromatic rings. The van der Waals surface area contributed by atoms with Crippen molar-refractivity contribution in [2.75, 3.05) is 5.32 Å². The van der Waals surface area contributed by atoms with Crippen molar-refractivity contribution in [3.05, 3.63) is 72.7 Å². The Kier molecular flexibility index (Phi) is 6.00. The first-order valence-corrected chi connectivity index (χ1v) is 10.00. The largest absolute Gasteiger partial charge is 0.455 e. The summed E-state index contributed by atoms with van der Waals surface area (Å²) in [6, 6.07) is 17.5. The van der Waals surface area contributed by atoms with Crippen LogP contribution in [0.2, 0.25) is 0 Å². The highest BCUT2D eigenvalue weighted by molar-refractivity contribution is 5.92. The number of para-hydroxylation sites is 3. The first kappa shape index (κ1) is 18.9. The molecule has 0 bridgehead atoms. The second kappa shape index (κ2) is 9.19. The average molecular weight is 388 g/mol. The first-order chi connectivity index (χ1) is 14.3. The number of hydrogen-bond donors (Lipinski definition) is 2. The van der Waals surface area contributed by atoms with E-state index in [9.17, 15) is 4.79 Å². The Hall–Kier alpha value is -3.41. The van der Waals surface area contributed by atoms with Gasteiger partial charge in [-0.25, -0.2) is 9.97 Å². The summed E-state index contributed by atoms with van der Waals surface area (Å²) >= 11 is 0. The van der Waals surface area contributed by atoms with Crippen LogP contribution in [0.5, 0.6) is 11.5 Å². The molecule has 0 atom stereocenters. The summed E-state index contributed by atoms with van der Waals surface area (Å²) in [7, 11) is 0. The van der Waals surface area contributed by atoms with Crippen LogP contribution >= 0.6 is 0 Å². The van der Waals surface area contributed by atoms with Crippen molar-refractivity contribution in [3.8, 4) is 11.5 Å². The van der Waals surface area contributed by atoms with Gasteiger partial charge >= 0.3 is 0 Å². The van der Waals surface area contributed by atoms with Crippen molar-refractivity contribution in [2.45, 2.75) is 38.1 Å². The van der Waals surface area contributed by atoms with Crippen LogP contribution in [0.1, 0.15) is 42.6 Å². The number of benzene rings is 2. The minimum Gasteiger partial charge on any atom is -0.455 e. The van der Waals surface area contributed by atoms with Crippen molar-refractivity contribution in [1.29, 1.82) is 0 Å². The van der Waals surface area contributed by atoms with Crippen molar-refractivity contribution in [2.24, 2.45) is 0 Å². The van der Waals surface area contributed by atoms with Gasteiger partial charge in [0.05, 0.1) is 18.1 Å². The zero-order valence-corrected chi connectivity index (χ0v) is 16.2. The second-order valence-electron chi connectivity index (χ2n) is 7.13. The van der Waals surface area contributed by atoms with Gasteiger partial charge in [0, 0.05) is 6.04 Å². The number of anilines is 2. The molecule has 1 aliphatic carbocycles. The Labute approximate surface area is 170 Å². The summed E-state index contributed by atoms with van der Waals surface area (Å²) in [4.78, 5) is 21.0. The fourth-order valence-corrected chi connectivity index (χ4v) is 3.43. The van der Waals surface area contributed by atoms with Gasteiger partial charge in [0.25, 0.3) is 5.91 Å². The van der Waals surface area contributed by atoms with E-state index in [2.05, 4.69) is 20.6 Å². The van der Waals surface area contributed by atoms with Crippen LogP contribution in [0.15, 0.2) is 67.0 Å². The Morgan fingerprint density at radius 2 is 1.66 bits per heavy atom. The number of carbonyl (C=O) groups excluding carboxylic acids is 1. The summed E-state index contributed by atoms with van der Waals surface area (Å²) < 4.78 is 5.95. The number of nitrogens with one attached hydrogen (secondary N) is 2. The maximum absolute atomic E-state index is 12.4. The fraction of sp³-hybridized carbons (Fsp3) is 0.261. The van der Waals surface area contributed by atoms with Gasteiger partial charge in [0.15, 0.2) is 5.75 Å². The number of hydrogen-bond acceptors (Lipinski definition) is 5. The minimum absolute atomic E-state index is 0.163. The molecule has 2 aromatic carbocycles. The number of ether oxygens (including phenoxy) is 1. The average Bonchev–Trinajstić information content (AvgIpc) is 2.77. The zero-order chi connectivity index (χ0) is 19.9. The zero-order valence-electron chi connectivity index (χ0n) is 16.2. The first-order valence-electron chi connectivity index (χ1n) is 10.00. The quantitative estimate of drug-likeness (QED) is 0.616. The van der Waals surface area contributed by atoms with Crippen molar-refractivity contribution in [3.63, 3.8) is 0 Å². The van der Waals surface area contributed by atoms with Gasteiger partial charge in [0.2, 0.25) is 0 Å². The molecule has 148 valence electrons. The van der Waals surface area contributed by atoms with Crippen LogP contribution < -0.4 is 15.4 Å². The lowest BCUT2D eigenvalue weighted by Gasteiger charge is -2.22. The third-order valence-corrected chi connectivity index (χ3v) is 4.95. The maximum Gasteiger partial charge on any atom is 0.271 e. The molecule has 1 saturated carbocycles. The summed E-state index contributed by atoms with van der Waals surface area (Å²) in [6.45, 7) is 0. The Morgan fingerprint density at radius 3 is 2.41 bits per heavy atom. The highest BCUT2D eigenvalue weighted by Crippen LogP contribution is 2.30. The van der Waals surface area contributed by atoms with Crippen LogP contribution in [0, 0.1) is 0 Å². The highest BCUT2D eigenvalue weighted by Gasteiger charge is 2.17. The van der Waals surface area contributed by atoms with Crippen molar-refractivity contribution < 1.29 is 9.53 Å².